The first-order valence-corrected chi connectivity index (χ1v) is 12.5. The quantitative estimate of drug-likeness (QED) is 0.425. The second-order valence-electron chi connectivity index (χ2n) is 9.36. The Labute approximate surface area is 216 Å². The van der Waals surface area contributed by atoms with Crippen LogP contribution < -0.4 is 15.4 Å². The number of halogens is 1. The van der Waals surface area contributed by atoms with Crippen molar-refractivity contribution < 1.29 is 18.7 Å². The molecule has 0 fully saturated rings. The van der Waals surface area contributed by atoms with Crippen LogP contribution in [0, 0.1) is 5.82 Å². The number of allylic oxidation sites excluding steroid dienone is 3. The summed E-state index contributed by atoms with van der Waals surface area (Å²) in [5, 5.41) is 6.09. The largest absolute Gasteiger partial charge is 0.494 e. The van der Waals surface area contributed by atoms with Gasteiger partial charge in [-0.25, -0.2) is 4.39 Å². The van der Waals surface area contributed by atoms with Gasteiger partial charge in [0, 0.05) is 34.9 Å². The second kappa shape index (κ2) is 10.4. The maximum atomic E-state index is 14.4. The molecule has 0 aromatic heterocycles. The van der Waals surface area contributed by atoms with Crippen molar-refractivity contribution in [3.05, 3.63) is 118 Å². The molecule has 0 saturated carbocycles. The van der Waals surface area contributed by atoms with Crippen molar-refractivity contribution in [1.82, 2.24) is 5.32 Å². The average molecular weight is 497 g/mol. The van der Waals surface area contributed by atoms with Crippen molar-refractivity contribution in [1.29, 1.82) is 0 Å². The Morgan fingerprint density at radius 3 is 2.38 bits per heavy atom. The summed E-state index contributed by atoms with van der Waals surface area (Å²) in [6.45, 7) is 4.29. The molecule has 0 radical (unpaired) electrons. The number of hydrogen-bond acceptors (Lipinski definition) is 4. The van der Waals surface area contributed by atoms with Gasteiger partial charge in [-0.05, 0) is 61.6 Å². The van der Waals surface area contributed by atoms with Crippen molar-refractivity contribution >= 4 is 17.4 Å². The van der Waals surface area contributed by atoms with Crippen LogP contribution in [0.4, 0.5) is 10.1 Å². The lowest BCUT2D eigenvalue weighted by Crippen LogP contribution is -2.37. The van der Waals surface area contributed by atoms with E-state index in [-0.39, 0.29) is 17.4 Å². The molecule has 1 amide bonds. The smallest absolute Gasteiger partial charge is 0.254 e. The summed E-state index contributed by atoms with van der Waals surface area (Å²) in [7, 11) is 0. The standard InChI is InChI=1S/C31H29FN2O3/c1-3-37-23-15-13-21(14-16-23)29-28(31(36)34-25-12-8-7-11-24(25)32)19(2)33-26-17-22(18-27(35)30(26)29)20-9-5-4-6-10-20/h4-16,22,29,33H,3,17-18H2,1-2H3,(H,34,36)/t22-,29-/m1/s1. The normalized spacial score (nSPS) is 19.3. The highest BCUT2D eigenvalue weighted by atomic mass is 19.1. The van der Waals surface area contributed by atoms with E-state index in [2.05, 4.69) is 10.6 Å². The number of benzene rings is 3. The summed E-state index contributed by atoms with van der Waals surface area (Å²) in [5.41, 5.74) is 4.50. The Balaban J connectivity index is 1.56. The number of ether oxygens (including phenoxy) is 1. The minimum atomic E-state index is -0.581. The van der Waals surface area contributed by atoms with Crippen LogP contribution in [0.1, 0.15) is 49.7 Å². The summed E-state index contributed by atoms with van der Waals surface area (Å²) in [5.74, 6) is -0.768. The van der Waals surface area contributed by atoms with Gasteiger partial charge in [0.1, 0.15) is 11.6 Å². The van der Waals surface area contributed by atoms with Crippen LogP contribution in [-0.2, 0) is 9.59 Å². The minimum absolute atomic E-state index is 0.00480. The molecule has 5 rings (SSSR count). The van der Waals surface area contributed by atoms with E-state index in [1.165, 1.54) is 12.1 Å². The first-order chi connectivity index (χ1) is 18.0. The summed E-state index contributed by atoms with van der Waals surface area (Å²) >= 11 is 0. The fourth-order valence-electron chi connectivity index (χ4n) is 5.31. The molecule has 0 saturated heterocycles. The molecule has 5 nitrogen and oxygen atoms in total. The number of carbonyl (C=O) groups excluding carboxylic acids is 2. The molecular weight excluding hydrogens is 467 g/mol. The summed E-state index contributed by atoms with van der Waals surface area (Å²) < 4.78 is 20.0. The molecule has 2 atom stereocenters. The fraction of sp³-hybridized carbons (Fsp3) is 0.226. The number of amides is 1. The molecule has 0 unspecified atom stereocenters. The van der Waals surface area contributed by atoms with Gasteiger partial charge >= 0.3 is 0 Å². The van der Waals surface area contributed by atoms with Gasteiger partial charge in [-0.3, -0.25) is 9.59 Å². The molecule has 0 spiro atoms. The van der Waals surface area contributed by atoms with E-state index in [9.17, 15) is 14.0 Å². The lowest BCUT2D eigenvalue weighted by Gasteiger charge is -2.37. The van der Waals surface area contributed by atoms with Crippen molar-refractivity contribution in [2.75, 3.05) is 11.9 Å². The molecule has 1 aliphatic carbocycles. The number of para-hydroxylation sites is 1. The Kier molecular flexibility index (Phi) is 6.91. The van der Waals surface area contributed by atoms with E-state index in [4.69, 9.17) is 4.74 Å². The third-order valence-electron chi connectivity index (χ3n) is 6.99. The second-order valence-corrected chi connectivity index (χ2v) is 9.36. The first-order valence-electron chi connectivity index (χ1n) is 12.5. The van der Waals surface area contributed by atoms with E-state index in [1.807, 2.05) is 68.4 Å². The van der Waals surface area contributed by atoms with E-state index < -0.39 is 17.6 Å². The van der Waals surface area contributed by atoms with Crippen LogP contribution in [-0.4, -0.2) is 18.3 Å². The van der Waals surface area contributed by atoms with Crippen LogP contribution in [0.25, 0.3) is 0 Å². The van der Waals surface area contributed by atoms with Gasteiger partial charge in [0.25, 0.3) is 5.91 Å². The maximum Gasteiger partial charge on any atom is 0.254 e. The molecule has 37 heavy (non-hydrogen) atoms. The van der Waals surface area contributed by atoms with E-state index >= 15 is 0 Å². The molecule has 6 heteroatoms. The number of anilines is 1. The molecular formula is C31H29FN2O3. The SMILES string of the molecule is CCOc1ccc([C@@H]2C(C(=O)Nc3ccccc3F)=C(C)NC3=C2C(=O)C[C@H](c2ccccc2)C3)cc1. The highest BCUT2D eigenvalue weighted by Crippen LogP contribution is 2.46. The predicted molar refractivity (Wildman–Crippen MR) is 142 cm³/mol. The van der Waals surface area contributed by atoms with Gasteiger partial charge in [0.15, 0.2) is 5.78 Å². The predicted octanol–water partition coefficient (Wildman–Crippen LogP) is 6.22. The third-order valence-corrected chi connectivity index (χ3v) is 6.99. The molecule has 2 aliphatic rings. The molecule has 2 N–H and O–H groups in total. The Morgan fingerprint density at radius 1 is 0.973 bits per heavy atom. The molecule has 1 aliphatic heterocycles. The zero-order valence-electron chi connectivity index (χ0n) is 20.9. The van der Waals surface area contributed by atoms with Gasteiger partial charge in [-0.1, -0.05) is 54.6 Å². The Morgan fingerprint density at radius 2 is 1.68 bits per heavy atom. The fourth-order valence-corrected chi connectivity index (χ4v) is 5.31. The Hall–Kier alpha value is -4.19. The minimum Gasteiger partial charge on any atom is -0.494 e. The third kappa shape index (κ3) is 4.92. The van der Waals surface area contributed by atoms with E-state index in [0.29, 0.717) is 42.0 Å². The number of Topliss-reactive ketones (excluding diaryl/α,β-unsaturated/α-hetero) is 1. The van der Waals surface area contributed by atoms with Crippen molar-refractivity contribution in [3.63, 3.8) is 0 Å². The van der Waals surface area contributed by atoms with Crippen LogP contribution >= 0.6 is 0 Å². The molecule has 3 aromatic rings. The molecule has 188 valence electrons. The number of hydrogen-bond donors (Lipinski definition) is 2. The van der Waals surface area contributed by atoms with E-state index in [0.717, 1.165) is 16.8 Å². The van der Waals surface area contributed by atoms with Crippen LogP contribution in [0.2, 0.25) is 0 Å². The van der Waals surface area contributed by atoms with Gasteiger partial charge < -0.3 is 15.4 Å². The van der Waals surface area contributed by atoms with E-state index in [1.54, 1.807) is 12.1 Å². The zero-order valence-corrected chi connectivity index (χ0v) is 20.9. The number of nitrogens with one attached hydrogen (secondary N) is 2. The number of ketones is 1. The molecule has 1 heterocycles. The first kappa shape index (κ1) is 24.5. The topological polar surface area (TPSA) is 67.4 Å². The molecule has 3 aromatic carbocycles. The monoisotopic (exact) mass is 496 g/mol. The summed E-state index contributed by atoms with van der Waals surface area (Å²) in [6.07, 6.45) is 1.03. The van der Waals surface area contributed by atoms with Gasteiger partial charge in [0.05, 0.1) is 12.3 Å². The Bertz CT molecular complexity index is 1390. The van der Waals surface area contributed by atoms with Gasteiger partial charge in [-0.2, -0.15) is 0 Å². The average Bonchev–Trinajstić information content (AvgIpc) is 2.90. The number of carbonyl (C=O) groups is 2. The van der Waals surface area contributed by atoms with Crippen LogP contribution in [0.3, 0.4) is 0 Å². The van der Waals surface area contributed by atoms with Gasteiger partial charge in [-0.15, -0.1) is 0 Å². The number of rotatable bonds is 6. The van der Waals surface area contributed by atoms with Crippen LogP contribution in [0.15, 0.2) is 101 Å². The summed E-state index contributed by atoms with van der Waals surface area (Å²) in [4.78, 5) is 27.3. The van der Waals surface area contributed by atoms with Gasteiger partial charge in [0.2, 0.25) is 0 Å². The number of dihydropyridines is 1. The maximum absolute atomic E-state index is 14.4. The van der Waals surface area contributed by atoms with Crippen molar-refractivity contribution in [2.45, 2.75) is 38.5 Å². The van der Waals surface area contributed by atoms with Crippen molar-refractivity contribution in [3.8, 4) is 5.75 Å². The highest BCUT2D eigenvalue weighted by molar-refractivity contribution is 6.10. The van der Waals surface area contributed by atoms with Crippen molar-refractivity contribution in [2.24, 2.45) is 0 Å². The highest BCUT2D eigenvalue weighted by Gasteiger charge is 2.41. The zero-order chi connectivity index (χ0) is 25.9. The molecule has 0 bridgehead atoms. The lowest BCUT2D eigenvalue weighted by atomic mass is 9.71. The lowest BCUT2D eigenvalue weighted by molar-refractivity contribution is -0.116. The van der Waals surface area contributed by atoms with Crippen LogP contribution in [0.5, 0.6) is 5.75 Å². The summed E-state index contributed by atoms with van der Waals surface area (Å²) in [6, 6.07) is 23.6.